The molecule has 0 aromatic heterocycles. The van der Waals surface area contributed by atoms with E-state index >= 15 is 0 Å². The van der Waals surface area contributed by atoms with Gasteiger partial charge in [0.15, 0.2) is 0 Å². The summed E-state index contributed by atoms with van der Waals surface area (Å²) < 4.78 is 4.84. The number of nitro groups is 1. The number of hydrogen-bond acceptors (Lipinski definition) is 6. The van der Waals surface area contributed by atoms with Crippen molar-refractivity contribution in [2.75, 3.05) is 25.6 Å². The van der Waals surface area contributed by atoms with E-state index in [2.05, 4.69) is 10.5 Å². The fourth-order valence-electron chi connectivity index (χ4n) is 1.60. The fraction of sp³-hybridized carbons (Fsp3) is 0.273. The first-order valence-electron chi connectivity index (χ1n) is 5.65. The highest BCUT2D eigenvalue weighted by Crippen LogP contribution is 2.27. The summed E-state index contributed by atoms with van der Waals surface area (Å²) in [6.45, 7) is 0.796. The zero-order valence-electron chi connectivity index (χ0n) is 10.5. The van der Waals surface area contributed by atoms with Crippen LogP contribution in [0.3, 0.4) is 0 Å². The number of hydrogen-bond donors (Lipinski definition) is 1. The van der Waals surface area contributed by atoms with Crippen molar-refractivity contribution in [3.05, 3.63) is 33.3 Å². The minimum Gasteiger partial charge on any atom is -0.458 e. The number of nitro benzene ring substituents is 1. The van der Waals surface area contributed by atoms with Crippen LogP contribution in [0.15, 0.2) is 23.3 Å². The number of carbonyl (C=O) groups excluding carboxylic acids is 1. The van der Waals surface area contributed by atoms with Crippen molar-refractivity contribution in [1.82, 2.24) is 4.90 Å². The van der Waals surface area contributed by atoms with Crippen LogP contribution < -0.4 is 5.43 Å². The highest BCUT2D eigenvalue weighted by atomic mass is 35.5. The molecule has 0 bridgehead atoms. The normalized spacial score (nSPS) is 17.0. The van der Waals surface area contributed by atoms with E-state index in [1.807, 2.05) is 0 Å². The maximum atomic E-state index is 11.5. The maximum Gasteiger partial charge on any atom is 0.376 e. The van der Waals surface area contributed by atoms with Crippen molar-refractivity contribution >= 4 is 34.8 Å². The second-order valence-electron chi connectivity index (χ2n) is 4.02. The van der Waals surface area contributed by atoms with Crippen molar-refractivity contribution < 1.29 is 14.5 Å². The van der Waals surface area contributed by atoms with Gasteiger partial charge in [-0.25, -0.2) is 4.79 Å². The Balaban J connectivity index is 2.26. The van der Waals surface area contributed by atoms with Crippen LogP contribution in [0.5, 0.6) is 0 Å². The van der Waals surface area contributed by atoms with Gasteiger partial charge in [0, 0.05) is 18.1 Å². The Hall–Kier alpha value is -2.35. The molecule has 0 spiro atoms. The lowest BCUT2D eigenvalue weighted by molar-refractivity contribution is -0.383. The van der Waals surface area contributed by atoms with Gasteiger partial charge in [0.1, 0.15) is 12.3 Å². The molecule has 1 aliphatic rings. The topological polar surface area (TPSA) is 97.1 Å². The van der Waals surface area contributed by atoms with E-state index in [9.17, 15) is 14.9 Å². The first-order valence-corrected chi connectivity index (χ1v) is 6.02. The summed E-state index contributed by atoms with van der Waals surface area (Å²) in [5, 5.41) is 15.0. The molecule has 8 nitrogen and oxygen atoms in total. The minimum absolute atomic E-state index is 0.0560. The predicted octanol–water partition coefficient (Wildman–Crippen LogP) is 1.46. The van der Waals surface area contributed by atoms with Crippen molar-refractivity contribution in [1.29, 1.82) is 0 Å². The number of hydrazone groups is 1. The summed E-state index contributed by atoms with van der Waals surface area (Å²) in [5.41, 5.74) is 2.41. The third-order valence-electron chi connectivity index (χ3n) is 2.64. The number of ether oxygens (including phenoxy) is 1. The number of nitrogens with one attached hydrogen (secondary N) is 1. The number of likely N-dealkylation sites (N-methyl/N-ethyl adjacent to an activating group) is 1. The first kappa shape index (κ1) is 14.1. The van der Waals surface area contributed by atoms with Gasteiger partial charge in [-0.1, -0.05) is 11.6 Å². The van der Waals surface area contributed by atoms with E-state index in [0.29, 0.717) is 6.54 Å². The van der Waals surface area contributed by atoms with Crippen molar-refractivity contribution in [3.8, 4) is 0 Å². The lowest BCUT2D eigenvalue weighted by Crippen LogP contribution is -2.43. The number of halogens is 1. The predicted molar refractivity (Wildman–Crippen MR) is 72.8 cm³/mol. The van der Waals surface area contributed by atoms with E-state index < -0.39 is 10.9 Å². The van der Waals surface area contributed by atoms with Gasteiger partial charge in [-0.2, -0.15) is 0 Å². The molecule has 106 valence electrons. The summed E-state index contributed by atoms with van der Waals surface area (Å²) in [4.78, 5) is 23.4. The zero-order valence-corrected chi connectivity index (χ0v) is 11.3. The SMILES string of the molecule is CN1CCOC(=O)/C1=N\Nc1ccc(Cl)cc1[N+](=O)[O-]. The number of nitrogens with zero attached hydrogens (tertiary/aromatic N) is 3. The highest BCUT2D eigenvalue weighted by molar-refractivity contribution is 6.35. The minimum atomic E-state index is -0.586. The molecule has 0 radical (unpaired) electrons. The molecular weight excluding hydrogens is 288 g/mol. The third kappa shape index (κ3) is 2.97. The van der Waals surface area contributed by atoms with Crippen LogP contribution >= 0.6 is 11.6 Å². The van der Waals surface area contributed by atoms with Crippen LogP contribution in [0.4, 0.5) is 11.4 Å². The summed E-state index contributed by atoms with van der Waals surface area (Å²) in [6.07, 6.45) is 0. The molecule has 0 saturated carbocycles. The molecule has 2 rings (SSSR count). The van der Waals surface area contributed by atoms with Gasteiger partial charge in [-0.05, 0) is 12.1 Å². The van der Waals surface area contributed by atoms with Gasteiger partial charge in [0.05, 0.1) is 11.5 Å². The van der Waals surface area contributed by atoms with E-state index in [0.717, 1.165) is 0 Å². The zero-order chi connectivity index (χ0) is 14.7. The number of morpholine rings is 1. The van der Waals surface area contributed by atoms with Crippen molar-refractivity contribution in [2.24, 2.45) is 5.10 Å². The molecule has 1 N–H and O–H groups in total. The molecule has 0 aliphatic carbocycles. The summed E-state index contributed by atoms with van der Waals surface area (Å²) >= 11 is 5.71. The molecule has 0 atom stereocenters. The number of benzene rings is 1. The monoisotopic (exact) mass is 298 g/mol. The Morgan fingerprint density at radius 2 is 2.30 bits per heavy atom. The second-order valence-corrected chi connectivity index (χ2v) is 4.46. The van der Waals surface area contributed by atoms with Crippen LogP contribution in [0, 0.1) is 10.1 Å². The van der Waals surface area contributed by atoms with Crippen LogP contribution in [0.25, 0.3) is 0 Å². The second kappa shape index (κ2) is 5.74. The lowest BCUT2D eigenvalue weighted by atomic mass is 10.3. The first-order chi connectivity index (χ1) is 9.49. The molecule has 0 unspecified atom stereocenters. The van der Waals surface area contributed by atoms with Gasteiger partial charge in [0.25, 0.3) is 5.69 Å². The maximum absolute atomic E-state index is 11.5. The lowest BCUT2D eigenvalue weighted by Gasteiger charge is -2.24. The Kier molecular flexibility index (Phi) is 4.04. The smallest absolute Gasteiger partial charge is 0.376 e. The van der Waals surface area contributed by atoms with E-state index in [1.54, 1.807) is 11.9 Å². The van der Waals surface area contributed by atoms with E-state index in [-0.39, 0.29) is 28.8 Å². The number of amidine groups is 1. The average Bonchev–Trinajstić information content (AvgIpc) is 2.39. The Morgan fingerprint density at radius 1 is 1.55 bits per heavy atom. The average molecular weight is 299 g/mol. The van der Waals surface area contributed by atoms with Crippen molar-refractivity contribution in [3.63, 3.8) is 0 Å². The Morgan fingerprint density at radius 3 is 2.95 bits per heavy atom. The molecule has 1 aromatic rings. The van der Waals surface area contributed by atoms with Gasteiger partial charge in [-0.15, -0.1) is 5.10 Å². The van der Waals surface area contributed by atoms with Crippen LogP contribution in [-0.4, -0.2) is 41.8 Å². The standard InChI is InChI=1S/C11H11ClN4O4/c1-15-4-5-20-11(17)10(15)14-13-8-3-2-7(12)6-9(8)16(18)19/h2-3,6,13H,4-5H2,1H3/b14-10+. The largest absolute Gasteiger partial charge is 0.458 e. The van der Waals surface area contributed by atoms with Gasteiger partial charge in [-0.3, -0.25) is 15.5 Å². The molecular formula is C11H11ClN4O4. The van der Waals surface area contributed by atoms with E-state index in [4.69, 9.17) is 16.3 Å². The molecule has 1 saturated heterocycles. The number of anilines is 1. The number of rotatable bonds is 3. The molecule has 1 aliphatic heterocycles. The van der Waals surface area contributed by atoms with Crippen LogP contribution in [0.2, 0.25) is 5.02 Å². The molecule has 9 heteroatoms. The van der Waals surface area contributed by atoms with Gasteiger partial charge in [0.2, 0.25) is 5.84 Å². The number of cyclic esters (lactones) is 1. The highest BCUT2D eigenvalue weighted by Gasteiger charge is 2.24. The summed E-state index contributed by atoms with van der Waals surface area (Å²) in [5.74, 6) is -0.525. The molecule has 1 fully saturated rings. The molecule has 0 amide bonds. The Bertz CT molecular complexity index is 590. The van der Waals surface area contributed by atoms with Gasteiger partial charge >= 0.3 is 5.97 Å². The summed E-state index contributed by atoms with van der Waals surface area (Å²) in [7, 11) is 1.68. The molecule has 1 aromatic carbocycles. The number of esters is 1. The number of carbonyl (C=O) groups is 1. The van der Waals surface area contributed by atoms with Crippen LogP contribution in [0.1, 0.15) is 0 Å². The third-order valence-corrected chi connectivity index (χ3v) is 2.88. The van der Waals surface area contributed by atoms with Crippen molar-refractivity contribution in [2.45, 2.75) is 0 Å². The molecule has 1 heterocycles. The molecule has 20 heavy (non-hydrogen) atoms. The van der Waals surface area contributed by atoms with E-state index in [1.165, 1.54) is 18.2 Å². The van der Waals surface area contributed by atoms with Crippen LogP contribution in [-0.2, 0) is 9.53 Å². The van der Waals surface area contributed by atoms with Gasteiger partial charge < -0.3 is 9.64 Å². The fourth-order valence-corrected chi connectivity index (χ4v) is 1.76. The Labute approximate surface area is 119 Å². The summed E-state index contributed by atoms with van der Waals surface area (Å²) in [6, 6.07) is 4.10. The quantitative estimate of drug-likeness (QED) is 0.515.